The van der Waals surface area contributed by atoms with E-state index in [0.717, 1.165) is 5.56 Å². The number of amidine groups is 1. The number of nitrogens with two attached hydrogens (primary N) is 3. The van der Waals surface area contributed by atoms with Gasteiger partial charge in [0.15, 0.2) is 5.84 Å². The van der Waals surface area contributed by atoms with Gasteiger partial charge in [0.05, 0.1) is 23.6 Å². The van der Waals surface area contributed by atoms with Gasteiger partial charge < -0.3 is 32.2 Å². The number of carbonyl (C=O) groups excluding carboxylic acids is 2. The molecule has 0 aliphatic carbocycles. The number of carbonyl (C=O) groups is 2. The fraction of sp³-hybridized carbons (Fsp3) is 0.200. The van der Waals surface area contributed by atoms with Gasteiger partial charge in [-0.25, -0.2) is 4.99 Å². The quantitative estimate of drug-likeness (QED) is 0.322. The van der Waals surface area contributed by atoms with Gasteiger partial charge in [0, 0.05) is 13.1 Å². The fourth-order valence-electron chi connectivity index (χ4n) is 2.80. The second-order valence-corrected chi connectivity index (χ2v) is 6.64. The summed E-state index contributed by atoms with van der Waals surface area (Å²) in [4.78, 5) is 34.3. The van der Waals surface area contributed by atoms with Gasteiger partial charge >= 0.3 is 0 Å². The van der Waals surface area contributed by atoms with E-state index in [0.29, 0.717) is 29.4 Å². The lowest BCUT2D eigenvalue weighted by molar-refractivity contribution is -0.124. The van der Waals surface area contributed by atoms with Crippen molar-refractivity contribution in [3.8, 4) is 5.75 Å². The molecule has 1 heterocycles. The van der Waals surface area contributed by atoms with Crippen LogP contribution < -0.4 is 32.2 Å². The SMILES string of the molecule is CN1C(=O)C(NC(=O)C(N)=NC=NCc2ccccc2)COc2cc(N)c(N)cc21. The van der Waals surface area contributed by atoms with Gasteiger partial charge in [-0.1, -0.05) is 30.3 Å². The van der Waals surface area contributed by atoms with Crippen LogP contribution in [0.3, 0.4) is 0 Å². The molecule has 30 heavy (non-hydrogen) atoms. The Kier molecular flexibility index (Phi) is 6.16. The molecule has 10 nitrogen and oxygen atoms in total. The molecule has 1 aliphatic rings. The fourth-order valence-corrected chi connectivity index (χ4v) is 2.80. The first-order valence-corrected chi connectivity index (χ1v) is 9.12. The summed E-state index contributed by atoms with van der Waals surface area (Å²) >= 11 is 0. The lowest BCUT2D eigenvalue weighted by Gasteiger charge is -2.20. The third-order valence-electron chi connectivity index (χ3n) is 4.49. The van der Waals surface area contributed by atoms with Crippen LogP contribution in [0.2, 0.25) is 0 Å². The van der Waals surface area contributed by atoms with Crippen LogP contribution in [0.1, 0.15) is 5.56 Å². The molecule has 0 aromatic heterocycles. The first-order valence-electron chi connectivity index (χ1n) is 9.12. The molecule has 3 rings (SSSR count). The van der Waals surface area contributed by atoms with Gasteiger partial charge in [-0.05, 0) is 11.6 Å². The Morgan fingerprint density at radius 1 is 1.27 bits per heavy atom. The Bertz CT molecular complexity index is 1000. The number of nitrogens with one attached hydrogen (secondary N) is 1. The molecule has 0 radical (unpaired) electrons. The van der Waals surface area contributed by atoms with Crippen LogP contribution in [-0.2, 0) is 16.1 Å². The zero-order chi connectivity index (χ0) is 21.7. The van der Waals surface area contributed by atoms with Gasteiger partial charge in [0.25, 0.3) is 11.8 Å². The van der Waals surface area contributed by atoms with Crippen molar-refractivity contribution in [3.05, 3.63) is 48.0 Å². The molecule has 0 saturated carbocycles. The van der Waals surface area contributed by atoms with E-state index in [1.165, 1.54) is 17.3 Å². The first-order chi connectivity index (χ1) is 14.4. The molecule has 0 spiro atoms. The number of likely N-dealkylation sites (N-methyl/N-ethyl adjacent to an activating group) is 1. The summed E-state index contributed by atoms with van der Waals surface area (Å²) < 4.78 is 5.65. The Labute approximate surface area is 173 Å². The number of fused-ring (bicyclic) bond motifs is 1. The van der Waals surface area contributed by atoms with Crippen LogP contribution in [0.15, 0.2) is 52.4 Å². The van der Waals surface area contributed by atoms with Crippen molar-refractivity contribution in [2.24, 2.45) is 15.7 Å². The number of anilines is 3. The van der Waals surface area contributed by atoms with E-state index < -0.39 is 17.9 Å². The summed E-state index contributed by atoms with van der Waals surface area (Å²) in [7, 11) is 1.55. The van der Waals surface area contributed by atoms with E-state index in [4.69, 9.17) is 21.9 Å². The summed E-state index contributed by atoms with van der Waals surface area (Å²) in [5, 5.41) is 2.53. The molecule has 7 N–H and O–H groups in total. The maximum Gasteiger partial charge on any atom is 0.287 e. The van der Waals surface area contributed by atoms with E-state index in [1.807, 2.05) is 30.3 Å². The van der Waals surface area contributed by atoms with Crippen molar-refractivity contribution < 1.29 is 14.3 Å². The van der Waals surface area contributed by atoms with E-state index in [1.54, 1.807) is 13.1 Å². The van der Waals surface area contributed by atoms with E-state index in [-0.39, 0.29) is 12.4 Å². The lowest BCUT2D eigenvalue weighted by Crippen LogP contribution is -2.52. The Balaban J connectivity index is 1.64. The predicted octanol–water partition coefficient (Wildman–Crippen LogP) is 0.277. The molecule has 10 heteroatoms. The van der Waals surface area contributed by atoms with Crippen molar-refractivity contribution in [1.82, 2.24) is 5.32 Å². The maximum atomic E-state index is 12.7. The molecular weight excluding hydrogens is 386 g/mol. The molecule has 1 unspecified atom stereocenters. The predicted molar refractivity (Wildman–Crippen MR) is 116 cm³/mol. The highest BCUT2D eigenvalue weighted by Crippen LogP contribution is 2.35. The summed E-state index contributed by atoms with van der Waals surface area (Å²) in [6.45, 7) is 0.310. The zero-order valence-electron chi connectivity index (χ0n) is 16.4. The zero-order valence-corrected chi connectivity index (χ0v) is 16.4. The normalized spacial score (nSPS) is 16.7. The number of amides is 2. The second-order valence-electron chi connectivity index (χ2n) is 6.64. The number of nitrogen functional groups attached to an aromatic ring is 2. The molecule has 2 aromatic rings. The van der Waals surface area contributed by atoms with E-state index >= 15 is 0 Å². The number of hydrogen-bond acceptors (Lipinski definition) is 6. The third-order valence-corrected chi connectivity index (χ3v) is 4.49. The molecule has 1 atom stereocenters. The minimum absolute atomic E-state index is 0.0966. The highest BCUT2D eigenvalue weighted by atomic mass is 16.5. The van der Waals surface area contributed by atoms with Crippen molar-refractivity contribution in [1.29, 1.82) is 0 Å². The summed E-state index contributed by atoms with van der Waals surface area (Å²) in [5.74, 6) is -1.03. The Morgan fingerprint density at radius 3 is 2.70 bits per heavy atom. The van der Waals surface area contributed by atoms with Gasteiger partial charge in [0.1, 0.15) is 24.7 Å². The van der Waals surface area contributed by atoms with Gasteiger partial charge in [-0.3, -0.25) is 14.6 Å². The lowest BCUT2D eigenvalue weighted by atomic mass is 10.2. The maximum absolute atomic E-state index is 12.7. The number of aliphatic imine (C=N–C) groups is 2. The standard InChI is InChI=1S/C20H23N7O3/c1-27-16-7-13(21)14(22)8-17(16)30-10-15(20(27)29)26-19(28)18(23)25-11-24-9-12-5-3-2-4-6-12/h2-8,11,15H,9-10,21-22H2,1H3,(H,26,28)(H2,23,24,25). The van der Waals surface area contributed by atoms with Gasteiger partial charge in [-0.2, -0.15) is 0 Å². The summed E-state index contributed by atoms with van der Waals surface area (Å²) in [5.41, 5.74) is 19.4. The second kappa shape index (κ2) is 8.95. The largest absolute Gasteiger partial charge is 0.489 e. The van der Waals surface area contributed by atoms with Crippen LogP contribution in [0.25, 0.3) is 0 Å². The molecule has 0 saturated heterocycles. The minimum Gasteiger partial charge on any atom is -0.489 e. The number of hydrogen-bond donors (Lipinski definition) is 4. The molecule has 0 bridgehead atoms. The topological polar surface area (TPSA) is 161 Å². The number of nitrogens with zero attached hydrogens (tertiary/aromatic N) is 3. The van der Waals surface area contributed by atoms with Crippen molar-refractivity contribution in [2.45, 2.75) is 12.6 Å². The Morgan fingerprint density at radius 2 is 1.97 bits per heavy atom. The molecule has 1 aliphatic heterocycles. The van der Waals surface area contributed by atoms with Crippen LogP contribution in [-0.4, -0.2) is 43.7 Å². The average molecular weight is 409 g/mol. The van der Waals surface area contributed by atoms with Gasteiger partial charge in [0.2, 0.25) is 0 Å². The summed E-state index contributed by atoms with van der Waals surface area (Å²) in [6.07, 6.45) is 1.21. The average Bonchev–Trinajstić information content (AvgIpc) is 2.85. The summed E-state index contributed by atoms with van der Waals surface area (Å²) in [6, 6.07) is 11.7. The number of benzene rings is 2. The highest BCUT2D eigenvalue weighted by Gasteiger charge is 2.31. The first kappa shape index (κ1) is 20.6. The monoisotopic (exact) mass is 409 g/mol. The minimum atomic E-state index is -0.965. The van der Waals surface area contributed by atoms with Crippen LogP contribution in [0, 0.1) is 0 Å². The van der Waals surface area contributed by atoms with E-state index in [2.05, 4.69) is 15.3 Å². The van der Waals surface area contributed by atoms with Crippen molar-refractivity contribution in [2.75, 3.05) is 30.0 Å². The smallest absolute Gasteiger partial charge is 0.287 e. The molecule has 0 fully saturated rings. The van der Waals surface area contributed by atoms with Gasteiger partial charge in [-0.15, -0.1) is 0 Å². The van der Waals surface area contributed by atoms with Crippen LogP contribution in [0.5, 0.6) is 5.75 Å². The molecule has 2 amide bonds. The third kappa shape index (κ3) is 4.66. The Hall–Kier alpha value is -4.08. The highest BCUT2D eigenvalue weighted by molar-refractivity contribution is 6.38. The van der Waals surface area contributed by atoms with Crippen LogP contribution >= 0.6 is 0 Å². The van der Waals surface area contributed by atoms with Crippen molar-refractivity contribution in [3.63, 3.8) is 0 Å². The molecule has 156 valence electrons. The number of rotatable bonds is 4. The van der Waals surface area contributed by atoms with E-state index in [9.17, 15) is 9.59 Å². The molecule has 2 aromatic carbocycles. The van der Waals surface area contributed by atoms with Crippen LogP contribution in [0.4, 0.5) is 17.1 Å². The molecular formula is C20H23N7O3. The number of ether oxygens (including phenoxy) is 1. The van der Waals surface area contributed by atoms with Crippen molar-refractivity contribution >= 4 is 41.1 Å².